The van der Waals surface area contributed by atoms with Crippen LogP contribution in [0.25, 0.3) is 0 Å². The van der Waals surface area contributed by atoms with E-state index in [9.17, 15) is 14.7 Å². The molecule has 1 aromatic rings. The molecule has 0 aliphatic carbocycles. The molecule has 1 aromatic heterocycles. The summed E-state index contributed by atoms with van der Waals surface area (Å²) in [6, 6.07) is 2.46. The summed E-state index contributed by atoms with van der Waals surface area (Å²) in [7, 11) is 1.42. The van der Waals surface area contributed by atoms with E-state index in [0.29, 0.717) is 0 Å². The number of carbonyl (C=O) groups excluding carboxylic acids is 1. The van der Waals surface area contributed by atoms with Crippen molar-refractivity contribution < 1.29 is 19.4 Å². The predicted molar refractivity (Wildman–Crippen MR) is 73.4 cm³/mol. The summed E-state index contributed by atoms with van der Waals surface area (Å²) in [5.74, 6) is -1.07. The number of hydrogen-bond acceptors (Lipinski definition) is 4. The maximum absolute atomic E-state index is 11.9. The van der Waals surface area contributed by atoms with Crippen LogP contribution in [0.4, 0.5) is 4.79 Å². The van der Waals surface area contributed by atoms with Crippen molar-refractivity contribution >= 4 is 12.1 Å². The van der Waals surface area contributed by atoms with Gasteiger partial charge in [-0.15, -0.1) is 0 Å². The van der Waals surface area contributed by atoms with Gasteiger partial charge in [0.15, 0.2) is 0 Å². The van der Waals surface area contributed by atoms with Gasteiger partial charge in [-0.25, -0.2) is 9.59 Å². The Bertz CT molecular complexity index is 468. The maximum Gasteiger partial charge on any atom is 0.410 e. The van der Waals surface area contributed by atoms with Crippen LogP contribution in [-0.2, 0) is 16.0 Å². The number of nitrogens with zero attached hydrogens (tertiary/aromatic N) is 2. The standard InChI is InChI=1S/C14H20N2O4/c1-14(2,3)20-13(19)16(4)11(12(17)18)9-10-5-7-15-8-6-10/h5-8,11H,9H2,1-4H3,(H,17,18)/t11-/m0/s1. The molecule has 0 aromatic carbocycles. The number of carboxylic acid groups (broad SMARTS) is 1. The van der Waals surface area contributed by atoms with Crippen molar-refractivity contribution in [3.05, 3.63) is 30.1 Å². The fraction of sp³-hybridized carbons (Fsp3) is 0.500. The van der Waals surface area contributed by atoms with E-state index in [1.165, 1.54) is 7.05 Å². The molecule has 0 saturated heterocycles. The van der Waals surface area contributed by atoms with Crippen LogP contribution in [-0.4, -0.2) is 45.7 Å². The average Bonchev–Trinajstić information content (AvgIpc) is 2.34. The summed E-state index contributed by atoms with van der Waals surface area (Å²) >= 11 is 0. The molecule has 1 atom stereocenters. The first kappa shape index (κ1) is 15.9. The zero-order valence-corrected chi connectivity index (χ0v) is 12.2. The molecule has 0 radical (unpaired) electrons. The molecule has 0 aliphatic heterocycles. The van der Waals surface area contributed by atoms with E-state index in [1.54, 1.807) is 45.3 Å². The van der Waals surface area contributed by atoms with E-state index in [4.69, 9.17) is 4.74 Å². The highest BCUT2D eigenvalue weighted by Crippen LogP contribution is 2.13. The maximum atomic E-state index is 11.9. The number of amides is 1. The van der Waals surface area contributed by atoms with Crippen LogP contribution in [0.15, 0.2) is 24.5 Å². The van der Waals surface area contributed by atoms with Crippen LogP contribution in [0.2, 0.25) is 0 Å². The fourth-order valence-corrected chi connectivity index (χ4v) is 1.59. The molecule has 6 heteroatoms. The Morgan fingerprint density at radius 2 is 1.90 bits per heavy atom. The number of likely N-dealkylation sites (N-methyl/N-ethyl adjacent to an activating group) is 1. The minimum atomic E-state index is -1.07. The average molecular weight is 280 g/mol. The number of ether oxygens (including phenoxy) is 1. The van der Waals surface area contributed by atoms with Gasteiger partial charge in [0.1, 0.15) is 11.6 Å². The number of hydrogen-bond donors (Lipinski definition) is 1. The van der Waals surface area contributed by atoms with Gasteiger partial charge in [-0.1, -0.05) is 0 Å². The van der Waals surface area contributed by atoms with Crippen molar-refractivity contribution in [2.24, 2.45) is 0 Å². The number of carboxylic acids is 1. The normalized spacial score (nSPS) is 12.6. The Kier molecular flexibility index (Phi) is 5.07. The number of pyridine rings is 1. The summed E-state index contributed by atoms with van der Waals surface area (Å²) in [6.07, 6.45) is 2.72. The quantitative estimate of drug-likeness (QED) is 0.911. The van der Waals surface area contributed by atoms with Gasteiger partial charge in [-0.2, -0.15) is 0 Å². The van der Waals surface area contributed by atoms with Gasteiger partial charge in [-0.3, -0.25) is 9.88 Å². The van der Waals surface area contributed by atoms with Gasteiger partial charge in [0.05, 0.1) is 0 Å². The largest absolute Gasteiger partial charge is 0.480 e. The third-order valence-corrected chi connectivity index (χ3v) is 2.61. The first-order valence-corrected chi connectivity index (χ1v) is 6.28. The number of aromatic nitrogens is 1. The lowest BCUT2D eigenvalue weighted by Gasteiger charge is -2.28. The van der Waals surface area contributed by atoms with Crippen LogP contribution < -0.4 is 0 Å². The van der Waals surface area contributed by atoms with Gasteiger partial charge >= 0.3 is 12.1 Å². The molecule has 1 amide bonds. The molecular weight excluding hydrogens is 260 g/mol. The number of aliphatic carboxylic acids is 1. The molecule has 0 saturated carbocycles. The number of carbonyl (C=O) groups is 2. The Hall–Kier alpha value is -2.11. The van der Waals surface area contributed by atoms with E-state index < -0.39 is 23.7 Å². The summed E-state index contributed by atoms with van der Waals surface area (Å²) in [5.41, 5.74) is 0.133. The molecule has 6 nitrogen and oxygen atoms in total. The monoisotopic (exact) mass is 280 g/mol. The highest BCUT2D eigenvalue weighted by atomic mass is 16.6. The smallest absolute Gasteiger partial charge is 0.410 e. The third kappa shape index (κ3) is 4.87. The molecule has 20 heavy (non-hydrogen) atoms. The van der Waals surface area contributed by atoms with Crippen molar-refractivity contribution in [3.8, 4) is 0 Å². The first-order chi connectivity index (χ1) is 9.20. The number of rotatable bonds is 4. The molecular formula is C14H20N2O4. The topological polar surface area (TPSA) is 79.7 Å². The zero-order chi connectivity index (χ0) is 15.3. The second kappa shape index (κ2) is 6.36. The van der Waals surface area contributed by atoms with Crippen molar-refractivity contribution in [1.82, 2.24) is 9.88 Å². The second-order valence-electron chi connectivity index (χ2n) is 5.50. The lowest BCUT2D eigenvalue weighted by molar-refractivity contribution is -0.142. The highest BCUT2D eigenvalue weighted by molar-refractivity contribution is 5.80. The summed E-state index contributed by atoms with van der Waals surface area (Å²) < 4.78 is 5.18. The summed E-state index contributed by atoms with van der Waals surface area (Å²) in [6.45, 7) is 5.20. The van der Waals surface area contributed by atoms with E-state index in [2.05, 4.69) is 4.98 Å². The van der Waals surface area contributed by atoms with Gasteiger partial charge in [0, 0.05) is 25.9 Å². The predicted octanol–water partition coefficient (Wildman–Crippen LogP) is 1.94. The molecule has 0 unspecified atom stereocenters. The van der Waals surface area contributed by atoms with Crippen LogP contribution in [0.5, 0.6) is 0 Å². The second-order valence-corrected chi connectivity index (χ2v) is 5.50. The van der Waals surface area contributed by atoms with Gasteiger partial charge < -0.3 is 9.84 Å². The van der Waals surface area contributed by atoms with Crippen molar-refractivity contribution in [2.75, 3.05) is 7.05 Å². The highest BCUT2D eigenvalue weighted by Gasteiger charge is 2.30. The molecule has 0 aliphatic rings. The minimum Gasteiger partial charge on any atom is -0.480 e. The molecule has 1 N–H and O–H groups in total. The zero-order valence-electron chi connectivity index (χ0n) is 12.2. The molecule has 1 rings (SSSR count). The Balaban J connectivity index is 2.81. The van der Waals surface area contributed by atoms with Crippen LogP contribution >= 0.6 is 0 Å². The summed E-state index contributed by atoms with van der Waals surface area (Å²) in [5, 5.41) is 9.29. The van der Waals surface area contributed by atoms with Crippen molar-refractivity contribution in [2.45, 2.75) is 38.8 Å². The summed E-state index contributed by atoms with van der Waals surface area (Å²) in [4.78, 5) is 28.3. The lowest BCUT2D eigenvalue weighted by Crippen LogP contribution is -2.46. The van der Waals surface area contributed by atoms with Gasteiger partial charge in [0.2, 0.25) is 0 Å². The molecule has 110 valence electrons. The Morgan fingerprint density at radius 3 is 2.35 bits per heavy atom. The lowest BCUT2D eigenvalue weighted by atomic mass is 10.1. The third-order valence-electron chi connectivity index (χ3n) is 2.61. The van der Waals surface area contributed by atoms with E-state index in [0.717, 1.165) is 10.5 Å². The van der Waals surface area contributed by atoms with E-state index in [-0.39, 0.29) is 6.42 Å². The van der Waals surface area contributed by atoms with E-state index >= 15 is 0 Å². The van der Waals surface area contributed by atoms with Crippen molar-refractivity contribution in [3.63, 3.8) is 0 Å². The minimum absolute atomic E-state index is 0.202. The van der Waals surface area contributed by atoms with Crippen LogP contribution in [0, 0.1) is 0 Å². The van der Waals surface area contributed by atoms with E-state index in [1.807, 2.05) is 0 Å². The SMILES string of the molecule is CN(C(=O)OC(C)(C)C)[C@@H](Cc1ccncc1)C(=O)O. The molecule has 0 bridgehead atoms. The Morgan fingerprint density at radius 1 is 1.35 bits per heavy atom. The first-order valence-electron chi connectivity index (χ1n) is 6.28. The van der Waals surface area contributed by atoms with Crippen molar-refractivity contribution in [1.29, 1.82) is 0 Å². The van der Waals surface area contributed by atoms with Gasteiger partial charge in [-0.05, 0) is 38.5 Å². The van der Waals surface area contributed by atoms with Crippen LogP contribution in [0.1, 0.15) is 26.3 Å². The fourth-order valence-electron chi connectivity index (χ4n) is 1.59. The van der Waals surface area contributed by atoms with Gasteiger partial charge in [0.25, 0.3) is 0 Å². The Labute approximate surface area is 118 Å². The molecule has 1 heterocycles. The van der Waals surface area contributed by atoms with Crippen LogP contribution in [0.3, 0.4) is 0 Å². The molecule has 0 spiro atoms. The molecule has 0 fully saturated rings.